The number of carbonyl (C=O) groups excluding carboxylic acids is 1. The second kappa shape index (κ2) is 4.36. The molecule has 0 N–H and O–H groups in total. The molecule has 0 bridgehead atoms. The summed E-state index contributed by atoms with van der Waals surface area (Å²) in [5.41, 5.74) is 0.497. The maximum Gasteiger partial charge on any atom is 0.302 e. The number of anilines is 1. The van der Waals surface area contributed by atoms with Gasteiger partial charge in [-0.05, 0) is 0 Å². The van der Waals surface area contributed by atoms with Crippen LogP contribution in [0.2, 0.25) is 0 Å². The zero-order chi connectivity index (χ0) is 12.5. The Kier molecular flexibility index (Phi) is 3.05. The predicted octanol–water partition coefficient (Wildman–Crippen LogP) is 0.129. The molecule has 0 spiro atoms. The Morgan fingerprint density at radius 1 is 1.41 bits per heavy atom. The van der Waals surface area contributed by atoms with Gasteiger partial charge in [0.25, 0.3) is 0 Å². The molecule has 0 saturated carbocycles. The zero-order valence-corrected chi connectivity index (χ0v) is 9.60. The van der Waals surface area contributed by atoms with Crippen molar-refractivity contribution in [1.82, 2.24) is 9.97 Å². The second-order valence-corrected chi connectivity index (χ2v) is 5.29. The van der Waals surface area contributed by atoms with Crippen molar-refractivity contribution in [2.45, 2.75) is 6.42 Å². The minimum Gasteiger partial charge on any atom is -0.309 e. The molecule has 1 aliphatic heterocycles. The summed E-state index contributed by atoms with van der Waals surface area (Å²) in [6.07, 6.45) is 4.26. The monoisotopic (exact) mass is 259 g/mol. The molecule has 0 radical (unpaired) electrons. The van der Waals surface area contributed by atoms with E-state index in [9.17, 15) is 17.1 Å². The fraction of sp³-hybridized carbons (Fsp3) is 0.444. The molecular weight excluding hydrogens is 249 g/mol. The van der Waals surface area contributed by atoms with Crippen LogP contribution in [0.4, 0.5) is 9.57 Å². The Balaban J connectivity index is 2.11. The average molecular weight is 259 g/mol. The molecule has 1 unspecified atom stereocenters. The largest absolute Gasteiger partial charge is 0.309 e. The fourth-order valence-corrected chi connectivity index (χ4v) is 2.64. The molecular formula is C9H10FN3O3S. The minimum absolute atomic E-state index is 0.0258. The van der Waals surface area contributed by atoms with Crippen LogP contribution in [-0.2, 0) is 15.0 Å². The summed E-state index contributed by atoms with van der Waals surface area (Å²) >= 11 is 0. The molecule has 1 aromatic rings. The number of nitrogens with zero attached hydrogens (tertiary/aromatic N) is 3. The molecule has 1 aliphatic rings. The minimum atomic E-state index is -4.55. The molecule has 1 atom stereocenters. The van der Waals surface area contributed by atoms with Gasteiger partial charge >= 0.3 is 10.2 Å². The summed E-state index contributed by atoms with van der Waals surface area (Å²) in [6, 6.07) is 0. The maximum atomic E-state index is 12.5. The third-order valence-electron chi connectivity index (χ3n) is 2.50. The van der Waals surface area contributed by atoms with E-state index in [1.807, 2.05) is 0 Å². The van der Waals surface area contributed by atoms with E-state index in [1.165, 1.54) is 23.6 Å². The van der Waals surface area contributed by atoms with Gasteiger partial charge in [-0.3, -0.25) is 4.79 Å². The summed E-state index contributed by atoms with van der Waals surface area (Å²) < 4.78 is 33.5. The molecule has 92 valence electrons. The molecule has 2 heterocycles. The van der Waals surface area contributed by atoms with E-state index in [-0.39, 0.29) is 18.9 Å². The Hall–Kier alpha value is -1.57. The van der Waals surface area contributed by atoms with Crippen LogP contribution < -0.4 is 4.90 Å². The molecule has 17 heavy (non-hydrogen) atoms. The van der Waals surface area contributed by atoms with Gasteiger partial charge in [-0.1, -0.05) is 0 Å². The van der Waals surface area contributed by atoms with Crippen LogP contribution in [0.15, 0.2) is 18.7 Å². The first-order valence-electron chi connectivity index (χ1n) is 4.93. The van der Waals surface area contributed by atoms with Gasteiger partial charge < -0.3 is 4.90 Å². The van der Waals surface area contributed by atoms with Crippen molar-refractivity contribution >= 4 is 21.8 Å². The number of hydrogen-bond acceptors (Lipinski definition) is 5. The van der Waals surface area contributed by atoms with Crippen molar-refractivity contribution < 1.29 is 17.1 Å². The Bertz CT molecular complexity index is 520. The van der Waals surface area contributed by atoms with Crippen molar-refractivity contribution in [3.8, 4) is 0 Å². The van der Waals surface area contributed by atoms with Gasteiger partial charge in [0.1, 0.15) is 6.33 Å². The van der Waals surface area contributed by atoms with Gasteiger partial charge in [0.15, 0.2) is 0 Å². The fourth-order valence-electron chi connectivity index (χ4n) is 1.85. The second-order valence-electron chi connectivity index (χ2n) is 3.88. The lowest BCUT2D eigenvalue weighted by molar-refractivity contribution is -0.117. The number of amides is 1. The first-order valence-corrected chi connectivity index (χ1v) is 6.48. The highest BCUT2D eigenvalue weighted by atomic mass is 32.3. The highest BCUT2D eigenvalue weighted by Gasteiger charge is 2.33. The van der Waals surface area contributed by atoms with Crippen LogP contribution in [0.5, 0.6) is 0 Å². The van der Waals surface area contributed by atoms with Crippen LogP contribution in [0.3, 0.4) is 0 Å². The predicted molar refractivity (Wildman–Crippen MR) is 57.4 cm³/mol. The van der Waals surface area contributed by atoms with Crippen molar-refractivity contribution in [1.29, 1.82) is 0 Å². The van der Waals surface area contributed by atoms with Crippen molar-refractivity contribution in [2.75, 3.05) is 17.2 Å². The van der Waals surface area contributed by atoms with Gasteiger partial charge in [0.2, 0.25) is 5.91 Å². The summed E-state index contributed by atoms with van der Waals surface area (Å²) in [7, 11) is -4.55. The van der Waals surface area contributed by atoms with Crippen LogP contribution in [0.25, 0.3) is 0 Å². The normalized spacial score (nSPS) is 20.9. The van der Waals surface area contributed by atoms with E-state index in [4.69, 9.17) is 0 Å². The lowest BCUT2D eigenvalue weighted by Gasteiger charge is -2.14. The lowest BCUT2D eigenvalue weighted by atomic mass is 10.1. The molecule has 1 aromatic heterocycles. The van der Waals surface area contributed by atoms with E-state index in [2.05, 4.69) is 9.97 Å². The third-order valence-corrected chi connectivity index (χ3v) is 3.37. The highest BCUT2D eigenvalue weighted by Crippen LogP contribution is 2.24. The van der Waals surface area contributed by atoms with E-state index in [1.54, 1.807) is 0 Å². The van der Waals surface area contributed by atoms with Crippen molar-refractivity contribution in [3.63, 3.8) is 0 Å². The van der Waals surface area contributed by atoms with Crippen molar-refractivity contribution in [2.24, 2.45) is 5.92 Å². The number of aromatic nitrogens is 2. The summed E-state index contributed by atoms with van der Waals surface area (Å²) in [5, 5.41) is 0. The molecule has 2 rings (SSSR count). The molecule has 6 nitrogen and oxygen atoms in total. The van der Waals surface area contributed by atoms with Gasteiger partial charge in [-0.15, -0.1) is 3.89 Å². The number of rotatable bonds is 3. The number of halogens is 1. The molecule has 0 aliphatic carbocycles. The molecule has 1 fully saturated rings. The molecule has 1 saturated heterocycles. The summed E-state index contributed by atoms with van der Waals surface area (Å²) in [5.74, 6) is -1.38. The van der Waals surface area contributed by atoms with E-state index < -0.39 is 21.9 Å². The quantitative estimate of drug-likeness (QED) is 0.721. The Morgan fingerprint density at radius 3 is 2.65 bits per heavy atom. The first kappa shape index (κ1) is 11.9. The SMILES string of the molecule is O=C1CC(CS(=O)(=O)F)CN1c1cncnc1. The zero-order valence-electron chi connectivity index (χ0n) is 8.78. The lowest BCUT2D eigenvalue weighted by Crippen LogP contribution is -2.25. The molecule has 0 aromatic carbocycles. The maximum absolute atomic E-state index is 12.5. The van der Waals surface area contributed by atoms with Gasteiger partial charge in [0.05, 0.1) is 23.8 Å². The number of hydrogen-bond donors (Lipinski definition) is 0. The summed E-state index contributed by atoms with van der Waals surface area (Å²) in [4.78, 5) is 20.5. The van der Waals surface area contributed by atoms with Crippen LogP contribution in [-0.4, -0.2) is 36.6 Å². The van der Waals surface area contributed by atoms with Gasteiger partial charge in [0, 0.05) is 18.9 Å². The van der Waals surface area contributed by atoms with Gasteiger partial charge in [-0.25, -0.2) is 9.97 Å². The Labute approximate surface area is 97.7 Å². The molecule has 1 amide bonds. The number of carbonyl (C=O) groups is 1. The summed E-state index contributed by atoms with van der Waals surface area (Å²) in [6.45, 7) is 0.176. The first-order chi connectivity index (χ1) is 7.96. The van der Waals surface area contributed by atoms with Crippen LogP contribution in [0, 0.1) is 5.92 Å². The molecule has 8 heteroatoms. The van der Waals surface area contributed by atoms with E-state index >= 15 is 0 Å². The average Bonchev–Trinajstić information content (AvgIpc) is 2.58. The van der Waals surface area contributed by atoms with E-state index in [0.29, 0.717) is 5.69 Å². The van der Waals surface area contributed by atoms with Crippen LogP contribution >= 0.6 is 0 Å². The Morgan fingerprint density at radius 2 is 2.06 bits per heavy atom. The van der Waals surface area contributed by atoms with Crippen LogP contribution in [0.1, 0.15) is 6.42 Å². The standard InChI is InChI=1S/C9H10FN3O3S/c10-17(15,16)5-7-1-9(14)13(4-7)8-2-11-6-12-3-8/h2-3,6-7H,1,4-5H2. The van der Waals surface area contributed by atoms with Crippen molar-refractivity contribution in [3.05, 3.63) is 18.7 Å². The third kappa shape index (κ3) is 2.96. The smallest absolute Gasteiger partial charge is 0.302 e. The highest BCUT2D eigenvalue weighted by molar-refractivity contribution is 7.86. The topological polar surface area (TPSA) is 80.2 Å². The van der Waals surface area contributed by atoms with Gasteiger partial charge in [-0.2, -0.15) is 8.42 Å². The van der Waals surface area contributed by atoms with E-state index in [0.717, 1.165) is 0 Å².